The van der Waals surface area contributed by atoms with Gasteiger partial charge in [-0.25, -0.2) is 4.79 Å². The number of benzene rings is 1. The summed E-state index contributed by atoms with van der Waals surface area (Å²) in [6.07, 6.45) is -0.0322. The minimum Gasteiger partial charge on any atom is -0.465 e. The molecular weight excluding hydrogens is 268 g/mol. The van der Waals surface area contributed by atoms with Gasteiger partial charge in [-0.3, -0.25) is 4.79 Å². The second-order valence-electron chi connectivity index (χ2n) is 6.51. The third kappa shape index (κ3) is 3.35. The van der Waals surface area contributed by atoms with Crippen LogP contribution >= 0.6 is 0 Å². The van der Waals surface area contributed by atoms with E-state index in [1.165, 1.54) is 4.90 Å². The zero-order chi connectivity index (χ0) is 15.6. The van der Waals surface area contributed by atoms with Crippen LogP contribution in [0, 0.1) is 5.41 Å². The molecule has 1 aliphatic heterocycles. The first-order valence-electron chi connectivity index (χ1n) is 7.12. The first-order valence-corrected chi connectivity index (χ1v) is 7.12. The standard InChI is InChI=1S/C16H22N2O3/c1-16(2,3)14-10-17(8-9-18(14)15(20)21)13-6-4-12(11-19)5-7-13/h4-7,11,14H,8-10H2,1-3H3,(H,20,21). The van der Waals surface area contributed by atoms with E-state index in [0.717, 1.165) is 12.0 Å². The van der Waals surface area contributed by atoms with Crippen molar-refractivity contribution in [1.29, 1.82) is 0 Å². The Balaban J connectivity index is 2.20. The summed E-state index contributed by atoms with van der Waals surface area (Å²) < 4.78 is 0. The van der Waals surface area contributed by atoms with Crippen LogP contribution in [0.5, 0.6) is 0 Å². The fourth-order valence-electron chi connectivity index (χ4n) is 2.75. The zero-order valence-corrected chi connectivity index (χ0v) is 12.7. The van der Waals surface area contributed by atoms with Gasteiger partial charge in [0.25, 0.3) is 0 Å². The lowest BCUT2D eigenvalue weighted by atomic mass is 9.84. The van der Waals surface area contributed by atoms with Crippen LogP contribution in [0.15, 0.2) is 24.3 Å². The van der Waals surface area contributed by atoms with Crippen molar-refractivity contribution in [1.82, 2.24) is 4.90 Å². The Morgan fingerprint density at radius 3 is 2.33 bits per heavy atom. The largest absolute Gasteiger partial charge is 0.465 e. The highest BCUT2D eigenvalue weighted by Gasteiger charge is 2.37. The van der Waals surface area contributed by atoms with Crippen molar-refractivity contribution in [2.75, 3.05) is 24.5 Å². The van der Waals surface area contributed by atoms with E-state index in [9.17, 15) is 14.7 Å². The molecule has 1 aromatic carbocycles. The summed E-state index contributed by atoms with van der Waals surface area (Å²) in [7, 11) is 0. The normalized spacial score (nSPS) is 19.5. The molecule has 1 aromatic rings. The van der Waals surface area contributed by atoms with Gasteiger partial charge in [-0.1, -0.05) is 20.8 Å². The average Bonchev–Trinajstić information content (AvgIpc) is 2.45. The predicted molar refractivity (Wildman–Crippen MR) is 82.0 cm³/mol. The van der Waals surface area contributed by atoms with Crippen LogP contribution in [0.25, 0.3) is 0 Å². The van der Waals surface area contributed by atoms with Crippen LogP contribution in [-0.4, -0.2) is 48.1 Å². The second kappa shape index (κ2) is 5.76. The summed E-state index contributed by atoms with van der Waals surface area (Å²) in [4.78, 5) is 25.8. The Hall–Kier alpha value is -2.04. The molecule has 1 atom stereocenters. The fraction of sp³-hybridized carbons (Fsp3) is 0.500. The number of nitrogens with zero attached hydrogens (tertiary/aromatic N) is 2. The van der Waals surface area contributed by atoms with Crippen LogP contribution in [0.4, 0.5) is 10.5 Å². The molecule has 0 saturated carbocycles. The van der Waals surface area contributed by atoms with Gasteiger partial charge in [0.05, 0.1) is 6.04 Å². The van der Waals surface area contributed by atoms with Gasteiger partial charge >= 0.3 is 6.09 Å². The van der Waals surface area contributed by atoms with Crippen LogP contribution in [-0.2, 0) is 0 Å². The van der Waals surface area contributed by atoms with E-state index in [2.05, 4.69) is 25.7 Å². The lowest BCUT2D eigenvalue weighted by Crippen LogP contribution is -2.59. The molecule has 0 bridgehead atoms. The van der Waals surface area contributed by atoms with E-state index >= 15 is 0 Å². The first kappa shape index (κ1) is 15.4. The summed E-state index contributed by atoms with van der Waals surface area (Å²) in [6.45, 7) is 8.01. The molecule has 0 aliphatic carbocycles. The molecule has 114 valence electrons. The average molecular weight is 290 g/mol. The molecule has 5 heteroatoms. The third-order valence-electron chi connectivity index (χ3n) is 4.02. The van der Waals surface area contributed by atoms with Gasteiger partial charge in [0, 0.05) is 30.9 Å². The Morgan fingerprint density at radius 2 is 1.86 bits per heavy atom. The molecule has 5 nitrogen and oxygen atoms in total. The van der Waals surface area contributed by atoms with Gasteiger partial charge in [-0.2, -0.15) is 0 Å². The quantitative estimate of drug-likeness (QED) is 0.851. The Kier molecular flexibility index (Phi) is 4.21. The molecule has 1 fully saturated rings. The Morgan fingerprint density at radius 1 is 1.24 bits per heavy atom. The molecule has 1 unspecified atom stereocenters. The van der Waals surface area contributed by atoms with E-state index in [4.69, 9.17) is 0 Å². The van der Waals surface area contributed by atoms with Crippen molar-refractivity contribution in [2.24, 2.45) is 5.41 Å². The van der Waals surface area contributed by atoms with Crippen LogP contribution in [0.2, 0.25) is 0 Å². The molecule has 2 rings (SSSR count). The van der Waals surface area contributed by atoms with Crippen molar-refractivity contribution >= 4 is 18.1 Å². The molecule has 0 spiro atoms. The first-order chi connectivity index (χ1) is 9.82. The minimum atomic E-state index is -0.856. The zero-order valence-electron chi connectivity index (χ0n) is 12.7. The summed E-state index contributed by atoms with van der Waals surface area (Å²) >= 11 is 0. The van der Waals surface area contributed by atoms with Gasteiger partial charge in [0.1, 0.15) is 6.29 Å². The van der Waals surface area contributed by atoms with Crippen molar-refractivity contribution in [3.63, 3.8) is 0 Å². The van der Waals surface area contributed by atoms with Gasteiger partial charge in [-0.15, -0.1) is 0 Å². The Labute approximate surface area is 125 Å². The molecule has 1 aliphatic rings. The van der Waals surface area contributed by atoms with Gasteiger partial charge in [0.2, 0.25) is 0 Å². The van der Waals surface area contributed by atoms with Gasteiger partial charge in [0.15, 0.2) is 0 Å². The summed E-state index contributed by atoms with van der Waals surface area (Å²) in [5.74, 6) is 0. The summed E-state index contributed by atoms with van der Waals surface area (Å²) in [6, 6.07) is 7.35. The second-order valence-corrected chi connectivity index (χ2v) is 6.51. The van der Waals surface area contributed by atoms with Crippen molar-refractivity contribution < 1.29 is 14.7 Å². The highest BCUT2D eigenvalue weighted by molar-refractivity contribution is 5.75. The van der Waals surface area contributed by atoms with Crippen LogP contribution in [0.3, 0.4) is 0 Å². The number of carbonyl (C=O) groups excluding carboxylic acids is 1. The number of aldehydes is 1. The van der Waals surface area contributed by atoms with Crippen LogP contribution < -0.4 is 4.90 Å². The van der Waals surface area contributed by atoms with Crippen molar-refractivity contribution in [3.8, 4) is 0 Å². The number of rotatable bonds is 2. The Bertz CT molecular complexity index is 519. The monoisotopic (exact) mass is 290 g/mol. The minimum absolute atomic E-state index is 0.0607. The van der Waals surface area contributed by atoms with Gasteiger partial charge < -0.3 is 14.9 Å². The molecule has 0 radical (unpaired) electrons. The third-order valence-corrected chi connectivity index (χ3v) is 4.02. The number of anilines is 1. The summed E-state index contributed by atoms with van der Waals surface area (Å²) in [5, 5.41) is 9.37. The topological polar surface area (TPSA) is 60.9 Å². The molecule has 1 amide bonds. The highest BCUT2D eigenvalue weighted by Crippen LogP contribution is 2.30. The number of amides is 1. The molecule has 0 aromatic heterocycles. The maximum Gasteiger partial charge on any atom is 0.407 e. The van der Waals surface area contributed by atoms with Crippen molar-refractivity contribution in [2.45, 2.75) is 26.8 Å². The van der Waals surface area contributed by atoms with Gasteiger partial charge in [-0.05, 0) is 29.7 Å². The van der Waals surface area contributed by atoms with E-state index < -0.39 is 6.09 Å². The van der Waals surface area contributed by atoms with Crippen molar-refractivity contribution in [3.05, 3.63) is 29.8 Å². The van der Waals surface area contributed by atoms with E-state index in [-0.39, 0.29) is 11.5 Å². The summed E-state index contributed by atoms with van der Waals surface area (Å²) in [5.41, 5.74) is 1.55. The smallest absolute Gasteiger partial charge is 0.407 e. The maximum absolute atomic E-state index is 11.4. The van der Waals surface area contributed by atoms with E-state index in [0.29, 0.717) is 25.2 Å². The lowest BCUT2D eigenvalue weighted by molar-refractivity contribution is 0.0748. The predicted octanol–water partition coefficient (Wildman–Crippen LogP) is 2.71. The molecular formula is C16H22N2O3. The number of hydrogen-bond acceptors (Lipinski definition) is 3. The fourth-order valence-corrected chi connectivity index (χ4v) is 2.75. The molecule has 1 N–H and O–H groups in total. The highest BCUT2D eigenvalue weighted by atomic mass is 16.4. The number of carbonyl (C=O) groups is 2. The van der Waals surface area contributed by atoms with E-state index in [1.54, 1.807) is 12.1 Å². The maximum atomic E-state index is 11.4. The number of piperazine rings is 1. The SMILES string of the molecule is CC(C)(C)C1CN(c2ccc(C=O)cc2)CCN1C(=O)O. The molecule has 1 saturated heterocycles. The molecule has 1 heterocycles. The number of carboxylic acid groups (broad SMARTS) is 1. The van der Waals surface area contributed by atoms with E-state index in [1.807, 2.05) is 12.1 Å². The van der Waals surface area contributed by atoms with Crippen LogP contribution in [0.1, 0.15) is 31.1 Å². The number of hydrogen-bond donors (Lipinski definition) is 1. The molecule has 21 heavy (non-hydrogen) atoms. The lowest BCUT2D eigenvalue weighted by Gasteiger charge is -2.46.